The highest BCUT2D eigenvalue weighted by atomic mass is 35.5. The normalized spacial score (nSPS) is 11.7. The van der Waals surface area contributed by atoms with Crippen molar-refractivity contribution >= 4 is 40.9 Å². The van der Waals surface area contributed by atoms with E-state index in [1.165, 1.54) is 12.1 Å². The van der Waals surface area contributed by atoms with Gasteiger partial charge < -0.3 is 15.7 Å². The molecule has 0 bridgehead atoms. The van der Waals surface area contributed by atoms with E-state index in [9.17, 15) is 9.59 Å². The summed E-state index contributed by atoms with van der Waals surface area (Å²) < 4.78 is 0. The van der Waals surface area contributed by atoms with Crippen molar-refractivity contribution in [2.75, 3.05) is 5.32 Å². The van der Waals surface area contributed by atoms with Crippen LogP contribution in [0.5, 0.6) is 0 Å². The van der Waals surface area contributed by atoms with E-state index < -0.39 is 18.0 Å². The fourth-order valence-electron chi connectivity index (χ4n) is 1.25. The number of nitrogens with one attached hydrogen (secondary N) is 2. The Morgan fingerprint density at radius 1 is 1.39 bits per heavy atom. The minimum absolute atomic E-state index is 0.279. The van der Waals surface area contributed by atoms with Gasteiger partial charge in [-0.2, -0.15) is 0 Å². The zero-order chi connectivity index (χ0) is 13.7. The highest BCUT2D eigenvalue weighted by Gasteiger charge is 2.17. The molecule has 0 saturated carbocycles. The number of rotatable bonds is 4. The minimum Gasteiger partial charge on any atom is -0.480 e. The Bertz CT molecular complexity index is 466. The lowest BCUT2D eigenvalue weighted by molar-refractivity contribution is -0.139. The van der Waals surface area contributed by atoms with E-state index >= 15 is 0 Å². The molecule has 0 spiro atoms. The topological polar surface area (TPSA) is 78.4 Å². The molecule has 0 aliphatic carbocycles. The maximum Gasteiger partial charge on any atom is 0.326 e. The number of halogens is 2. The summed E-state index contributed by atoms with van der Waals surface area (Å²) in [6.45, 7) is 1.66. The predicted molar refractivity (Wildman–Crippen MR) is 70.3 cm³/mol. The summed E-state index contributed by atoms with van der Waals surface area (Å²) in [6.07, 6.45) is 0.289. The summed E-state index contributed by atoms with van der Waals surface area (Å²) in [5, 5.41) is 14.3. The molecule has 1 aromatic rings. The molecule has 0 heterocycles. The molecule has 0 radical (unpaired) electrons. The SMILES string of the molecule is CC[C@H](NC(=O)Nc1ccc(Cl)cc1Cl)C(=O)O. The number of hydrogen-bond donors (Lipinski definition) is 3. The van der Waals surface area contributed by atoms with E-state index in [1.807, 2.05) is 0 Å². The van der Waals surface area contributed by atoms with Crippen LogP contribution in [-0.2, 0) is 4.79 Å². The molecular formula is C11H12Cl2N2O3. The highest BCUT2D eigenvalue weighted by Crippen LogP contribution is 2.25. The van der Waals surface area contributed by atoms with Gasteiger partial charge in [0.1, 0.15) is 6.04 Å². The zero-order valence-electron chi connectivity index (χ0n) is 9.54. The lowest BCUT2D eigenvalue weighted by Gasteiger charge is -2.13. The van der Waals surface area contributed by atoms with Crippen LogP contribution >= 0.6 is 23.2 Å². The van der Waals surface area contributed by atoms with Crippen LogP contribution < -0.4 is 10.6 Å². The number of carboxylic acid groups (broad SMARTS) is 1. The third kappa shape index (κ3) is 4.09. The first-order valence-electron chi connectivity index (χ1n) is 5.19. The summed E-state index contributed by atoms with van der Waals surface area (Å²) in [5.41, 5.74) is 0.360. The number of amides is 2. The van der Waals surface area contributed by atoms with Crippen LogP contribution in [0, 0.1) is 0 Å². The van der Waals surface area contributed by atoms with E-state index in [1.54, 1.807) is 13.0 Å². The van der Waals surface area contributed by atoms with E-state index in [0.717, 1.165) is 0 Å². The van der Waals surface area contributed by atoms with E-state index in [0.29, 0.717) is 10.7 Å². The van der Waals surface area contributed by atoms with Crippen molar-refractivity contribution in [1.82, 2.24) is 5.32 Å². The maximum absolute atomic E-state index is 11.5. The highest BCUT2D eigenvalue weighted by molar-refractivity contribution is 6.36. The molecule has 18 heavy (non-hydrogen) atoms. The number of benzene rings is 1. The Kier molecular flexibility index (Phi) is 5.25. The van der Waals surface area contributed by atoms with Crippen molar-refractivity contribution in [2.45, 2.75) is 19.4 Å². The van der Waals surface area contributed by atoms with Crippen LogP contribution in [0.3, 0.4) is 0 Å². The first-order valence-corrected chi connectivity index (χ1v) is 5.95. The van der Waals surface area contributed by atoms with Gasteiger partial charge in [-0.25, -0.2) is 9.59 Å². The van der Waals surface area contributed by atoms with E-state index in [-0.39, 0.29) is 11.4 Å². The van der Waals surface area contributed by atoms with Crippen molar-refractivity contribution in [3.63, 3.8) is 0 Å². The molecular weight excluding hydrogens is 279 g/mol. The molecule has 98 valence electrons. The summed E-state index contributed by atoms with van der Waals surface area (Å²) >= 11 is 11.6. The fourth-order valence-corrected chi connectivity index (χ4v) is 1.70. The molecule has 0 aliphatic rings. The van der Waals surface area contributed by atoms with Gasteiger partial charge in [-0.1, -0.05) is 30.1 Å². The molecule has 7 heteroatoms. The zero-order valence-corrected chi connectivity index (χ0v) is 11.0. The lowest BCUT2D eigenvalue weighted by Crippen LogP contribution is -2.42. The maximum atomic E-state index is 11.5. The van der Waals surface area contributed by atoms with Crippen LogP contribution in [0.2, 0.25) is 10.0 Å². The second kappa shape index (κ2) is 6.47. The van der Waals surface area contributed by atoms with Crippen molar-refractivity contribution in [2.24, 2.45) is 0 Å². The van der Waals surface area contributed by atoms with Gasteiger partial charge in [0.25, 0.3) is 0 Å². The number of carbonyl (C=O) groups is 2. The predicted octanol–water partition coefficient (Wildman–Crippen LogP) is 2.98. The third-order valence-corrected chi connectivity index (χ3v) is 2.74. The van der Waals surface area contributed by atoms with Gasteiger partial charge in [-0.3, -0.25) is 0 Å². The summed E-state index contributed by atoms with van der Waals surface area (Å²) in [5.74, 6) is -1.09. The van der Waals surface area contributed by atoms with Crippen molar-refractivity contribution in [1.29, 1.82) is 0 Å². The summed E-state index contributed by atoms with van der Waals surface area (Å²) in [4.78, 5) is 22.3. The average molecular weight is 291 g/mol. The molecule has 0 aliphatic heterocycles. The second-order valence-corrected chi connectivity index (χ2v) is 4.37. The smallest absolute Gasteiger partial charge is 0.326 e. The first-order chi connectivity index (χ1) is 8.43. The third-order valence-electron chi connectivity index (χ3n) is 2.19. The summed E-state index contributed by atoms with van der Waals surface area (Å²) in [6, 6.07) is 3.01. The molecule has 1 atom stereocenters. The molecule has 0 saturated heterocycles. The Labute approximate surface area is 114 Å². The number of urea groups is 1. The van der Waals surface area contributed by atoms with Crippen molar-refractivity contribution in [3.05, 3.63) is 28.2 Å². The number of aliphatic carboxylic acids is 1. The number of hydrogen-bond acceptors (Lipinski definition) is 2. The van der Waals surface area contributed by atoms with Crippen molar-refractivity contribution in [3.8, 4) is 0 Å². The second-order valence-electron chi connectivity index (χ2n) is 3.52. The molecule has 0 aromatic heterocycles. The van der Waals surface area contributed by atoms with Gasteiger partial charge in [-0.05, 0) is 24.6 Å². The van der Waals surface area contributed by atoms with Crippen LogP contribution in [0.1, 0.15) is 13.3 Å². The fraction of sp³-hybridized carbons (Fsp3) is 0.273. The minimum atomic E-state index is -1.09. The van der Waals surface area contributed by atoms with Gasteiger partial charge in [-0.15, -0.1) is 0 Å². The average Bonchev–Trinajstić information content (AvgIpc) is 2.29. The van der Waals surface area contributed by atoms with Gasteiger partial charge in [0.2, 0.25) is 0 Å². The van der Waals surface area contributed by atoms with Crippen molar-refractivity contribution < 1.29 is 14.7 Å². The monoisotopic (exact) mass is 290 g/mol. The largest absolute Gasteiger partial charge is 0.480 e. The molecule has 0 fully saturated rings. The number of carbonyl (C=O) groups excluding carboxylic acids is 1. The van der Waals surface area contributed by atoms with Gasteiger partial charge >= 0.3 is 12.0 Å². The first kappa shape index (κ1) is 14.6. The van der Waals surface area contributed by atoms with E-state index in [4.69, 9.17) is 28.3 Å². The molecule has 3 N–H and O–H groups in total. The molecule has 5 nitrogen and oxygen atoms in total. The van der Waals surface area contributed by atoms with Crippen LogP contribution in [-0.4, -0.2) is 23.1 Å². The van der Waals surface area contributed by atoms with E-state index in [2.05, 4.69) is 10.6 Å². The number of anilines is 1. The van der Waals surface area contributed by atoms with Gasteiger partial charge in [0.05, 0.1) is 10.7 Å². The number of carboxylic acids is 1. The molecule has 0 unspecified atom stereocenters. The Morgan fingerprint density at radius 2 is 2.06 bits per heavy atom. The lowest BCUT2D eigenvalue weighted by atomic mass is 10.2. The van der Waals surface area contributed by atoms with Gasteiger partial charge in [0.15, 0.2) is 0 Å². The Morgan fingerprint density at radius 3 is 2.56 bits per heavy atom. The Hall–Kier alpha value is -1.46. The quantitative estimate of drug-likeness (QED) is 0.798. The van der Waals surface area contributed by atoms with Crippen LogP contribution in [0.15, 0.2) is 18.2 Å². The molecule has 1 aromatic carbocycles. The molecule has 1 rings (SSSR count). The standard InChI is InChI=1S/C11H12Cl2N2O3/c1-2-8(10(16)17)14-11(18)15-9-4-3-6(12)5-7(9)13/h3-5,8H,2H2,1H3,(H,16,17)(H2,14,15,18)/t8-/m0/s1. The summed E-state index contributed by atoms with van der Waals surface area (Å²) in [7, 11) is 0. The van der Waals surface area contributed by atoms with Gasteiger partial charge in [0, 0.05) is 5.02 Å². The van der Waals surface area contributed by atoms with Crippen LogP contribution in [0.4, 0.5) is 10.5 Å². The Balaban J connectivity index is 2.67. The van der Waals surface area contributed by atoms with Crippen LogP contribution in [0.25, 0.3) is 0 Å². The molecule has 2 amide bonds.